The predicted molar refractivity (Wildman–Crippen MR) is 83.3 cm³/mol. The molecule has 0 radical (unpaired) electrons. The molecule has 2 rings (SSSR count). The van der Waals surface area contributed by atoms with Gasteiger partial charge in [0.15, 0.2) is 5.96 Å². The third-order valence-electron chi connectivity index (χ3n) is 2.75. The number of benzene rings is 1. The molecule has 1 aromatic heterocycles. The molecule has 0 atom stereocenters. The summed E-state index contributed by atoms with van der Waals surface area (Å²) in [6.07, 6.45) is 0.884. The van der Waals surface area contributed by atoms with Gasteiger partial charge in [0.1, 0.15) is 0 Å². The van der Waals surface area contributed by atoms with Crippen molar-refractivity contribution < 1.29 is 4.79 Å². The van der Waals surface area contributed by atoms with E-state index in [2.05, 4.69) is 27.8 Å². The van der Waals surface area contributed by atoms with Gasteiger partial charge in [-0.25, -0.2) is 0 Å². The lowest BCUT2D eigenvalue weighted by Crippen LogP contribution is -2.41. The monoisotopic (exact) mass is 287 g/mol. The summed E-state index contributed by atoms with van der Waals surface area (Å²) in [6.45, 7) is 0.724. The van der Waals surface area contributed by atoms with E-state index >= 15 is 0 Å². The summed E-state index contributed by atoms with van der Waals surface area (Å²) < 4.78 is 0. The van der Waals surface area contributed by atoms with E-state index in [4.69, 9.17) is 0 Å². The molecule has 5 heteroatoms. The minimum absolute atomic E-state index is 0.132. The predicted octanol–water partition coefficient (Wildman–Crippen LogP) is 2.30. The van der Waals surface area contributed by atoms with Gasteiger partial charge in [-0.2, -0.15) is 0 Å². The molecule has 0 spiro atoms. The Labute approximate surface area is 122 Å². The molecule has 0 saturated carbocycles. The molecule has 0 saturated heterocycles. The SMILES string of the molecule is CN=C(NCCc1ccccc1)NC(=O)c1cccs1. The van der Waals surface area contributed by atoms with Crippen molar-refractivity contribution in [2.24, 2.45) is 4.99 Å². The van der Waals surface area contributed by atoms with Crippen LogP contribution in [-0.2, 0) is 6.42 Å². The Morgan fingerprint density at radius 2 is 2.00 bits per heavy atom. The van der Waals surface area contributed by atoms with Crippen molar-refractivity contribution in [3.8, 4) is 0 Å². The van der Waals surface area contributed by atoms with Crippen molar-refractivity contribution in [2.45, 2.75) is 6.42 Å². The molecule has 4 nitrogen and oxygen atoms in total. The lowest BCUT2D eigenvalue weighted by atomic mass is 10.1. The molecule has 0 aliphatic heterocycles. The number of guanidine groups is 1. The molecule has 1 heterocycles. The molecule has 0 unspecified atom stereocenters. The van der Waals surface area contributed by atoms with Gasteiger partial charge < -0.3 is 5.32 Å². The van der Waals surface area contributed by atoms with Crippen molar-refractivity contribution in [3.63, 3.8) is 0 Å². The van der Waals surface area contributed by atoms with Gasteiger partial charge in [-0.15, -0.1) is 11.3 Å². The first-order valence-corrected chi connectivity index (χ1v) is 7.27. The molecule has 0 fully saturated rings. The lowest BCUT2D eigenvalue weighted by molar-refractivity contribution is 0.0980. The number of amides is 1. The van der Waals surface area contributed by atoms with Crippen LogP contribution in [0.2, 0.25) is 0 Å². The van der Waals surface area contributed by atoms with Gasteiger partial charge in [0, 0.05) is 13.6 Å². The highest BCUT2D eigenvalue weighted by Crippen LogP contribution is 2.07. The first kappa shape index (κ1) is 14.3. The average Bonchev–Trinajstić information content (AvgIpc) is 3.01. The Hall–Kier alpha value is -2.14. The summed E-state index contributed by atoms with van der Waals surface area (Å²) in [5, 5.41) is 7.77. The van der Waals surface area contributed by atoms with Gasteiger partial charge in [0.05, 0.1) is 4.88 Å². The van der Waals surface area contributed by atoms with E-state index in [0.29, 0.717) is 10.8 Å². The van der Waals surface area contributed by atoms with E-state index in [9.17, 15) is 4.79 Å². The second-order valence-corrected chi connectivity index (χ2v) is 5.11. The number of nitrogens with one attached hydrogen (secondary N) is 2. The standard InChI is InChI=1S/C15H17N3OS/c1-16-15(18-14(19)13-8-5-11-20-13)17-10-9-12-6-3-2-4-7-12/h2-8,11H,9-10H2,1H3,(H2,16,17,18,19). The number of carbonyl (C=O) groups is 1. The minimum atomic E-state index is -0.132. The number of carbonyl (C=O) groups excluding carboxylic acids is 1. The molecular weight excluding hydrogens is 270 g/mol. The number of hydrogen-bond acceptors (Lipinski definition) is 3. The van der Waals surface area contributed by atoms with E-state index in [-0.39, 0.29) is 5.91 Å². The van der Waals surface area contributed by atoms with Crippen molar-refractivity contribution >= 4 is 23.2 Å². The zero-order chi connectivity index (χ0) is 14.2. The Bertz CT molecular complexity index is 564. The van der Waals surface area contributed by atoms with Crippen molar-refractivity contribution in [3.05, 3.63) is 58.3 Å². The molecule has 0 aliphatic rings. The van der Waals surface area contributed by atoms with Gasteiger partial charge in [-0.1, -0.05) is 36.4 Å². The first-order chi connectivity index (χ1) is 9.79. The molecule has 1 aromatic carbocycles. The van der Waals surface area contributed by atoms with Crippen LogP contribution in [0.15, 0.2) is 52.8 Å². The Balaban J connectivity index is 1.80. The second-order valence-electron chi connectivity index (χ2n) is 4.17. The Morgan fingerprint density at radius 1 is 1.20 bits per heavy atom. The zero-order valence-electron chi connectivity index (χ0n) is 11.3. The molecule has 2 aromatic rings. The zero-order valence-corrected chi connectivity index (χ0v) is 12.1. The third-order valence-corrected chi connectivity index (χ3v) is 3.62. The Kier molecular flexibility index (Phi) is 5.32. The van der Waals surface area contributed by atoms with E-state index in [1.807, 2.05) is 29.6 Å². The van der Waals surface area contributed by atoms with Crippen LogP contribution in [0.25, 0.3) is 0 Å². The second kappa shape index (κ2) is 7.45. The summed E-state index contributed by atoms with van der Waals surface area (Å²) in [4.78, 5) is 16.6. The smallest absolute Gasteiger partial charge is 0.268 e. The fraction of sp³-hybridized carbons (Fsp3) is 0.200. The van der Waals surface area contributed by atoms with E-state index in [1.165, 1.54) is 16.9 Å². The fourth-order valence-electron chi connectivity index (χ4n) is 1.73. The summed E-state index contributed by atoms with van der Waals surface area (Å²) >= 11 is 1.41. The van der Waals surface area contributed by atoms with Crippen LogP contribution in [0.4, 0.5) is 0 Å². The average molecular weight is 287 g/mol. The maximum atomic E-state index is 11.9. The normalized spacial score (nSPS) is 11.2. The van der Waals surface area contributed by atoms with Crippen molar-refractivity contribution in [2.75, 3.05) is 13.6 Å². The number of hydrogen-bond donors (Lipinski definition) is 2. The third kappa shape index (κ3) is 4.20. The van der Waals surface area contributed by atoms with Gasteiger partial charge in [-0.05, 0) is 23.4 Å². The summed E-state index contributed by atoms with van der Waals surface area (Å²) in [5.74, 6) is 0.368. The highest BCUT2D eigenvalue weighted by Gasteiger charge is 2.08. The maximum Gasteiger partial charge on any atom is 0.268 e. The molecule has 0 bridgehead atoms. The first-order valence-electron chi connectivity index (χ1n) is 6.39. The molecule has 2 N–H and O–H groups in total. The van der Waals surface area contributed by atoms with E-state index in [1.54, 1.807) is 13.1 Å². The largest absolute Gasteiger partial charge is 0.356 e. The van der Waals surface area contributed by atoms with E-state index < -0.39 is 0 Å². The van der Waals surface area contributed by atoms with Crippen LogP contribution >= 0.6 is 11.3 Å². The minimum Gasteiger partial charge on any atom is -0.356 e. The quantitative estimate of drug-likeness (QED) is 0.669. The van der Waals surface area contributed by atoms with Crippen molar-refractivity contribution in [1.29, 1.82) is 0 Å². The van der Waals surface area contributed by atoms with Crippen LogP contribution < -0.4 is 10.6 Å². The van der Waals surface area contributed by atoms with Crippen LogP contribution in [-0.4, -0.2) is 25.5 Å². The van der Waals surface area contributed by atoms with Gasteiger partial charge in [-0.3, -0.25) is 15.1 Å². The van der Waals surface area contributed by atoms with Gasteiger partial charge >= 0.3 is 0 Å². The fourth-order valence-corrected chi connectivity index (χ4v) is 2.34. The van der Waals surface area contributed by atoms with Crippen molar-refractivity contribution in [1.82, 2.24) is 10.6 Å². The summed E-state index contributed by atoms with van der Waals surface area (Å²) in [6, 6.07) is 13.8. The Morgan fingerprint density at radius 3 is 2.65 bits per heavy atom. The van der Waals surface area contributed by atoms with Crippen LogP contribution in [0.5, 0.6) is 0 Å². The van der Waals surface area contributed by atoms with Crippen LogP contribution in [0, 0.1) is 0 Å². The molecular formula is C15H17N3OS. The van der Waals surface area contributed by atoms with Crippen LogP contribution in [0.1, 0.15) is 15.2 Å². The van der Waals surface area contributed by atoms with Gasteiger partial charge in [0.25, 0.3) is 5.91 Å². The number of nitrogens with zero attached hydrogens (tertiary/aromatic N) is 1. The van der Waals surface area contributed by atoms with Crippen LogP contribution in [0.3, 0.4) is 0 Å². The number of thiophene rings is 1. The molecule has 0 aliphatic carbocycles. The highest BCUT2D eigenvalue weighted by molar-refractivity contribution is 7.12. The summed E-state index contributed by atoms with van der Waals surface area (Å²) in [7, 11) is 1.65. The summed E-state index contributed by atoms with van der Waals surface area (Å²) in [5.41, 5.74) is 1.25. The molecule has 104 valence electrons. The number of aliphatic imine (C=N–C) groups is 1. The lowest BCUT2D eigenvalue weighted by Gasteiger charge is -2.10. The van der Waals surface area contributed by atoms with Gasteiger partial charge in [0.2, 0.25) is 0 Å². The number of rotatable bonds is 4. The maximum absolute atomic E-state index is 11.9. The topological polar surface area (TPSA) is 53.5 Å². The molecule has 20 heavy (non-hydrogen) atoms. The van der Waals surface area contributed by atoms with E-state index in [0.717, 1.165) is 13.0 Å². The highest BCUT2D eigenvalue weighted by atomic mass is 32.1. The molecule has 1 amide bonds.